The summed E-state index contributed by atoms with van der Waals surface area (Å²) in [4.78, 5) is 2.11. The summed E-state index contributed by atoms with van der Waals surface area (Å²) in [6.45, 7) is 2.25. The van der Waals surface area contributed by atoms with Gasteiger partial charge >= 0.3 is 0 Å². The first kappa shape index (κ1) is 17.0. The summed E-state index contributed by atoms with van der Waals surface area (Å²) in [6.07, 6.45) is 0.912. The van der Waals surface area contributed by atoms with Crippen molar-refractivity contribution in [1.29, 1.82) is 5.41 Å². The average Bonchev–Trinajstić information content (AvgIpc) is 2.58. The van der Waals surface area contributed by atoms with Crippen LogP contribution in [-0.2, 0) is 11.3 Å². The van der Waals surface area contributed by atoms with Crippen LogP contribution in [0.4, 0.5) is 5.69 Å². The molecular formula is C19H25N3O. The van der Waals surface area contributed by atoms with Gasteiger partial charge in [0.25, 0.3) is 0 Å². The molecule has 0 aromatic heterocycles. The lowest BCUT2D eigenvalue weighted by molar-refractivity contribution is 0.270. The Kier molecular flexibility index (Phi) is 6.63. The van der Waals surface area contributed by atoms with E-state index in [4.69, 9.17) is 10.1 Å². The zero-order valence-corrected chi connectivity index (χ0v) is 13.9. The number of benzene rings is 2. The van der Waals surface area contributed by atoms with Crippen molar-refractivity contribution < 1.29 is 4.74 Å². The monoisotopic (exact) mass is 311 g/mol. The molecule has 2 rings (SSSR count). The van der Waals surface area contributed by atoms with E-state index in [0.717, 1.165) is 30.8 Å². The Morgan fingerprint density at radius 3 is 2.48 bits per heavy atom. The van der Waals surface area contributed by atoms with Crippen LogP contribution in [0.3, 0.4) is 0 Å². The largest absolute Gasteiger partial charge is 0.478 e. The van der Waals surface area contributed by atoms with E-state index in [1.807, 2.05) is 56.6 Å². The van der Waals surface area contributed by atoms with Crippen molar-refractivity contribution in [2.24, 2.45) is 0 Å². The summed E-state index contributed by atoms with van der Waals surface area (Å²) in [7, 11) is 4.07. The fourth-order valence-electron chi connectivity index (χ4n) is 2.26. The lowest BCUT2D eigenvalue weighted by Gasteiger charge is -2.14. The number of hydrogen-bond acceptors (Lipinski definition) is 4. The third kappa shape index (κ3) is 5.75. The molecule has 4 nitrogen and oxygen atoms in total. The van der Waals surface area contributed by atoms with Crippen LogP contribution >= 0.6 is 0 Å². The summed E-state index contributed by atoms with van der Waals surface area (Å²) in [5.41, 5.74) is 2.93. The van der Waals surface area contributed by atoms with Gasteiger partial charge in [0.05, 0.1) is 12.2 Å². The van der Waals surface area contributed by atoms with Crippen molar-refractivity contribution in [3.05, 3.63) is 65.7 Å². The van der Waals surface area contributed by atoms with Gasteiger partial charge in [-0.2, -0.15) is 0 Å². The molecule has 0 fully saturated rings. The van der Waals surface area contributed by atoms with Gasteiger partial charge < -0.3 is 15.0 Å². The molecule has 0 aliphatic carbocycles. The van der Waals surface area contributed by atoms with Crippen molar-refractivity contribution in [3.8, 4) is 0 Å². The van der Waals surface area contributed by atoms with Crippen LogP contribution < -0.4 is 5.32 Å². The van der Waals surface area contributed by atoms with Crippen molar-refractivity contribution in [3.63, 3.8) is 0 Å². The molecule has 0 saturated carbocycles. The summed E-state index contributed by atoms with van der Waals surface area (Å²) in [5.74, 6) is 0.222. The van der Waals surface area contributed by atoms with E-state index < -0.39 is 0 Å². The van der Waals surface area contributed by atoms with Gasteiger partial charge in [-0.3, -0.25) is 5.41 Å². The first-order valence-corrected chi connectivity index (χ1v) is 7.90. The third-order valence-corrected chi connectivity index (χ3v) is 3.49. The molecule has 0 bridgehead atoms. The van der Waals surface area contributed by atoms with Gasteiger partial charge in [-0.15, -0.1) is 0 Å². The smallest absolute Gasteiger partial charge is 0.215 e. The number of nitrogens with zero attached hydrogens (tertiary/aromatic N) is 1. The summed E-state index contributed by atoms with van der Waals surface area (Å²) in [5, 5.41) is 11.6. The lowest BCUT2D eigenvalue weighted by atomic mass is 10.1. The topological polar surface area (TPSA) is 48.4 Å². The highest BCUT2D eigenvalue weighted by atomic mass is 16.5. The maximum absolute atomic E-state index is 8.16. The molecule has 0 saturated heterocycles. The molecule has 4 heteroatoms. The van der Waals surface area contributed by atoms with Gasteiger partial charge in [-0.25, -0.2) is 0 Å². The Labute approximate surface area is 138 Å². The summed E-state index contributed by atoms with van der Waals surface area (Å²) in [6, 6.07) is 18.0. The second-order valence-electron chi connectivity index (χ2n) is 5.72. The Morgan fingerprint density at radius 1 is 1.04 bits per heavy atom. The SMILES string of the molecule is CN(C)CCCOC(=N)c1ccccc1NCc1ccccc1. The van der Waals surface area contributed by atoms with Crippen LogP contribution in [0.25, 0.3) is 0 Å². The Bertz CT molecular complexity index is 611. The zero-order valence-electron chi connectivity index (χ0n) is 13.9. The summed E-state index contributed by atoms with van der Waals surface area (Å²) < 4.78 is 5.59. The van der Waals surface area contributed by atoms with E-state index in [1.54, 1.807) is 0 Å². The molecule has 0 aliphatic heterocycles. The van der Waals surface area contributed by atoms with Crippen LogP contribution in [0, 0.1) is 5.41 Å². The number of rotatable bonds is 8. The van der Waals surface area contributed by atoms with E-state index in [2.05, 4.69) is 22.3 Å². The van der Waals surface area contributed by atoms with Gasteiger partial charge in [-0.05, 0) is 38.2 Å². The molecule has 0 atom stereocenters. The maximum Gasteiger partial charge on any atom is 0.215 e. The van der Waals surface area contributed by atoms with E-state index in [0.29, 0.717) is 6.61 Å². The van der Waals surface area contributed by atoms with Crippen molar-refractivity contribution >= 4 is 11.6 Å². The van der Waals surface area contributed by atoms with Gasteiger partial charge in [0.15, 0.2) is 0 Å². The number of anilines is 1. The number of nitrogens with one attached hydrogen (secondary N) is 2. The normalized spacial score (nSPS) is 10.6. The molecule has 0 radical (unpaired) electrons. The highest BCUT2D eigenvalue weighted by Gasteiger charge is 2.08. The predicted octanol–water partition coefficient (Wildman–Crippen LogP) is 3.59. The van der Waals surface area contributed by atoms with E-state index in [1.165, 1.54) is 5.56 Å². The fourth-order valence-corrected chi connectivity index (χ4v) is 2.26. The molecule has 0 aliphatic rings. The maximum atomic E-state index is 8.16. The highest BCUT2D eigenvalue weighted by Crippen LogP contribution is 2.17. The summed E-state index contributed by atoms with van der Waals surface area (Å²) >= 11 is 0. The van der Waals surface area contributed by atoms with Crippen LogP contribution in [-0.4, -0.2) is 38.0 Å². The molecule has 23 heavy (non-hydrogen) atoms. The fraction of sp³-hybridized carbons (Fsp3) is 0.316. The molecule has 0 amide bonds. The second kappa shape index (κ2) is 8.96. The zero-order chi connectivity index (χ0) is 16.5. The second-order valence-corrected chi connectivity index (χ2v) is 5.72. The molecule has 122 valence electrons. The van der Waals surface area contributed by atoms with Crippen molar-refractivity contribution in [2.75, 3.05) is 32.6 Å². The molecule has 0 unspecified atom stereocenters. The molecule has 2 N–H and O–H groups in total. The van der Waals surface area contributed by atoms with Gasteiger partial charge in [0.2, 0.25) is 5.90 Å². The number of hydrogen-bond donors (Lipinski definition) is 2. The Hall–Kier alpha value is -2.33. The van der Waals surface area contributed by atoms with E-state index in [9.17, 15) is 0 Å². The Balaban J connectivity index is 1.92. The van der Waals surface area contributed by atoms with Crippen LogP contribution in [0.1, 0.15) is 17.5 Å². The first-order valence-electron chi connectivity index (χ1n) is 7.90. The molecule has 0 heterocycles. The van der Waals surface area contributed by atoms with Gasteiger partial charge in [-0.1, -0.05) is 42.5 Å². The van der Waals surface area contributed by atoms with Crippen molar-refractivity contribution in [1.82, 2.24) is 4.90 Å². The minimum absolute atomic E-state index is 0.222. The van der Waals surface area contributed by atoms with Crippen molar-refractivity contribution in [2.45, 2.75) is 13.0 Å². The molecule has 2 aromatic carbocycles. The minimum Gasteiger partial charge on any atom is -0.478 e. The average molecular weight is 311 g/mol. The van der Waals surface area contributed by atoms with Crippen LogP contribution in [0.15, 0.2) is 54.6 Å². The third-order valence-electron chi connectivity index (χ3n) is 3.49. The molecule has 2 aromatic rings. The van der Waals surface area contributed by atoms with Crippen LogP contribution in [0.5, 0.6) is 0 Å². The van der Waals surface area contributed by atoms with E-state index >= 15 is 0 Å². The van der Waals surface area contributed by atoms with Gasteiger partial charge in [0.1, 0.15) is 0 Å². The number of para-hydroxylation sites is 1. The number of ether oxygens (including phenoxy) is 1. The minimum atomic E-state index is 0.222. The Morgan fingerprint density at radius 2 is 1.74 bits per heavy atom. The quantitative estimate of drug-likeness (QED) is 0.445. The van der Waals surface area contributed by atoms with E-state index in [-0.39, 0.29) is 5.90 Å². The van der Waals surface area contributed by atoms with Gasteiger partial charge in [0, 0.05) is 18.8 Å². The van der Waals surface area contributed by atoms with Crippen LogP contribution in [0.2, 0.25) is 0 Å². The standard InChI is InChI=1S/C19H25N3O/c1-22(2)13-8-14-23-19(20)17-11-6-7-12-18(17)21-15-16-9-4-3-5-10-16/h3-7,9-12,20-21H,8,13-15H2,1-2H3. The highest BCUT2D eigenvalue weighted by molar-refractivity contribution is 5.97. The first-order chi connectivity index (χ1) is 11.2. The molecular weight excluding hydrogens is 286 g/mol. The lowest BCUT2D eigenvalue weighted by Crippen LogP contribution is -2.16. The molecule has 0 spiro atoms. The predicted molar refractivity (Wildman–Crippen MR) is 96.2 cm³/mol.